The van der Waals surface area contributed by atoms with Gasteiger partial charge in [0.25, 0.3) is 0 Å². The Morgan fingerprint density at radius 2 is 1.23 bits per heavy atom. The fraction of sp³-hybridized carbons (Fsp3) is 0.938. The first-order valence-electron chi connectivity index (χ1n) is 8.39. The zero-order valence-corrected chi connectivity index (χ0v) is 17.8. The Kier molecular flexibility index (Phi) is 27.5. The molecule has 0 fully saturated rings. The van der Waals surface area contributed by atoms with Crippen molar-refractivity contribution < 1.29 is 46.7 Å². The smallest absolute Gasteiger partial charge is 0.343 e. The van der Waals surface area contributed by atoms with Crippen LogP contribution >= 0.6 is 0 Å². The molecule has 0 aromatic heterocycles. The molecule has 0 spiro atoms. The van der Waals surface area contributed by atoms with Crippen LogP contribution in [0.5, 0.6) is 0 Å². The second-order valence-corrected chi connectivity index (χ2v) is 6.38. The maximum atomic E-state index is 10.1. The van der Waals surface area contributed by atoms with Crippen LogP contribution in [0.1, 0.15) is 90.9 Å². The van der Waals surface area contributed by atoms with Crippen LogP contribution < -0.4 is 29.6 Å². The van der Waals surface area contributed by atoms with Gasteiger partial charge in [-0.2, -0.15) is 14.8 Å². The molecule has 0 aromatic carbocycles. The summed E-state index contributed by atoms with van der Waals surface area (Å²) in [6.07, 6.45) is 14.3. The van der Waals surface area contributed by atoms with Crippen LogP contribution in [-0.2, 0) is 14.6 Å². The summed E-state index contributed by atoms with van der Waals surface area (Å²) in [5.41, 5.74) is 0. The molecule has 0 saturated heterocycles. The third kappa shape index (κ3) is 32.7. The Morgan fingerprint density at radius 1 is 0.818 bits per heavy atom. The summed E-state index contributed by atoms with van der Waals surface area (Å²) in [5, 5.41) is 0. The second-order valence-electron chi connectivity index (χ2n) is 5.29. The molecule has 0 saturated carbocycles. The van der Waals surface area contributed by atoms with E-state index in [9.17, 15) is 8.42 Å². The SMILES string of the molecule is CCCCCCCCOS(=O)(=O)O.[CH2-]CCCCCCC.[Na+]. The molecule has 0 radical (unpaired) electrons. The summed E-state index contributed by atoms with van der Waals surface area (Å²) in [5.74, 6) is 0. The van der Waals surface area contributed by atoms with Gasteiger partial charge in [0.05, 0.1) is 6.61 Å². The van der Waals surface area contributed by atoms with E-state index in [0.29, 0.717) is 6.42 Å². The Labute approximate surface area is 161 Å². The predicted molar refractivity (Wildman–Crippen MR) is 89.6 cm³/mol. The maximum Gasteiger partial charge on any atom is 1.00 e. The van der Waals surface area contributed by atoms with Gasteiger partial charge in [0, 0.05) is 0 Å². The first-order chi connectivity index (χ1) is 9.97. The molecule has 0 aliphatic heterocycles. The van der Waals surface area contributed by atoms with Crippen LogP contribution in [0.25, 0.3) is 0 Å². The van der Waals surface area contributed by atoms with E-state index in [4.69, 9.17) is 4.55 Å². The Morgan fingerprint density at radius 3 is 1.64 bits per heavy atom. The van der Waals surface area contributed by atoms with Gasteiger partial charge in [-0.1, -0.05) is 78.1 Å². The molecule has 0 bridgehead atoms. The molecule has 22 heavy (non-hydrogen) atoms. The number of unbranched alkanes of at least 4 members (excludes halogenated alkanes) is 10. The minimum atomic E-state index is -4.22. The van der Waals surface area contributed by atoms with Gasteiger partial charge >= 0.3 is 40.0 Å². The average molecular weight is 347 g/mol. The van der Waals surface area contributed by atoms with Crippen molar-refractivity contribution in [3.8, 4) is 0 Å². The van der Waals surface area contributed by atoms with Crippen LogP contribution in [0, 0.1) is 6.92 Å². The van der Waals surface area contributed by atoms with Gasteiger partial charge < -0.3 is 6.92 Å². The van der Waals surface area contributed by atoms with Crippen molar-refractivity contribution in [3.63, 3.8) is 0 Å². The molecule has 0 unspecified atom stereocenters. The van der Waals surface area contributed by atoms with E-state index in [2.05, 4.69) is 25.0 Å². The number of rotatable bonds is 13. The zero-order valence-electron chi connectivity index (χ0n) is 15.0. The van der Waals surface area contributed by atoms with E-state index in [-0.39, 0.29) is 36.2 Å². The van der Waals surface area contributed by atoms with Crippen molar-refractivity contribution >= 4 is 10.4 Å². The molecule has 1 N–H and O–H groups in total. The molecule has 0 aliphatic carbocycles. The standard InChI is InChI=1S/C8H18O4S.C8H17.Na/c1-2-3-4-5-6-7-8-12-13(9,10)11;1-3-5-7-8-6-4-2;/h2-8H2,1H3,(H,9,10,11);1,3-8H2,2H3;/q;-1;+1. The fourth-order valence-electron chi connectivity index (χ4n) is 1.83. The van der Waals surface area contributed by atoms with E-state index >= 15 is 0 Å². The van der Waals surface area contributed by atoms with Crippen molar-refractivity contribution in [2.24, 2.45) is 0 Å². The van der Waals surface area contributed by atoms with Crippen LogP contribution in [0.15, 0.2) is 0 Å². The van der Waals surface area contributed by atoms with E-state index in [1.165, 1.54) is 51.4 Å². The van der Waals surface area contributed by atoms with Crippen molar-refractivity contribution in [2.75, 3.05) is 6.61 Å². The normalized spacial score (nSPS) is 10.5. The van der Waals surface area contributed by atoms with Crippen LogP contribution in [0.2, 0.25) is 0 Å². The summed E-state index contributed by atoms with van der Waals surface area (Å²) < 4.78 is 32.6. The number of hydrogen-bond acceptors (Lipinski definition) is 3. The topological polar surface area (TPSA) is 63.6 Å². The summed E-state index contributed by atoms with van der Waals surface area (Å²) in [4.78, 5) is 0. The number of hydrogen-bond donors (Lipinski definition) is 1. The van der Waals surface area contributed by atoms with Crippen LogP contribution in [-0.4, -0.2) is 19.6 Å². The Bertz CT molecular complexity index is 276. The minimum absolute atomic E-state index is 0. The van der Waals surface area contributed by atoms with Gasteiger partial charge in [-0.05, 0) is 6.42 Å². The summed E-state index contributed by atoms with van der Waals surface area (Å²) >= 11 is 0. The average Bonchev–Trinajstić information content (AvgIpc) is 2.42. The molecule has 6 heteroatoms. The largest absolute Gasteiger partial charge is 1.00 e. The summed E-state index contributed by atoms with van der Waals surface area (Å²) in [6.45, 7) is 8.25. The van der Waals surface area contributed by atoms with Gasteiger partial charge in [-0.15, -0.1) is 0 Å². The molecule has 0 aliphatic rings. The van der Waals surface area contributed by atoms with E-state index < -0.39 is 10.4 Å². The molecule has 0 heterocycles. The second kappa shape index (κ2) is 21.9. The van der Waals surface area contributed by atoms with Crippen molar-refractivity contribution in [1.82, 2.24) is 0 Å². The van der Waals surface area contributed by atoms with Gasteiger partial charge in [0.1, 0.15) is 0 Å². The first-order valence-corrected chi connectivity index (χ1v) is 9.75. The molecule has 130 valence electrons. The first kappa shape index (κ1) is 27.7. The van der Waals surface area contributed by atoms with Crippen molar-refractivity contribution in [1.29, 1.82) is 0 Å². The summed E-state index contributed by atoms with van der Waals surface area (Å²) in [7, 11) is -4.22. The third-order valence-electron chi connectivity index (χ3n) is 3.08. The molecule has 4 nitrogen and oxygen atoms in total. The molecule has 0 atom stereocenters. The predicted octanol–water partition coefficient (Wildman–Crippen LogP) is 2.35. The molecular formula is C16H35NaO4S. The van der Waals surface area contributed by atoms with Gasteiger partial charge in [0.2, 0.25) is 0 Å². The molecule has 0 aromatic rings. The van der Waals surface area contributed by atoms with Crippen molar-refractivity contribution in [3.05, 3.63) is 6.92 Å². The maximum absolute atomic E-state index is 10.1. The molecular weight excluding hydrogens is 311 g/mol. The fourth-order valence-corrected chi connectivity index (χ4v) is 2.16. The minimum Gasteiger partial charge on any atom is -0.343 e. The molecule has 0 rings (SSSR count). The van der Waals surface area contributed by atoms with Gasteiger partial charge in [-0.3, -0.25) is 4.55 Å². The van der Waals surface area contributed by atoms with E-state index in [1.54, 1.807) is 0 Å². The third-order valence-corrected chi connectivity index (χ3v) is 3.55. The Hall–Kier alpha value is 0.870. The summed E-state index contributed by atoms with van der Waals surface area (Å²) in [6, 6.07) is 0. The molecule has 0 amide bonds. The quantitative estimate of drug-likeness (QED) is 0.241. The Balaban J connectivity index is -0.000000348. The van der Waals surface area contributed by atoms with E-state index in [0.717, 1.165) is 19.3 Å². The monoisotopic (exact) mass is 346 g/mol. The zero-order chi connectivity index (χ0) is 16.4. The van der Waals surface area contributed by atoms with Gasteiger partial charge in [0.15, 0.2) is 0 Å². The van der Waals surface area contributed by atoms with Gasteiger partial charge in [-0.25, -0.2) is 4.18 Å². The van der Waals surface area contributed by atoms with Crippen LogP contribution in [0.4, 0.5) is 0 Å². The van der Waals surface area contributed by atoms with Crippen LogP contribution in [0.3, 0.4) is 0 Å². The van der Waals surface area contributed by atoms with Crippen molar-refractivity contribution in [2.45, 2.75) is 90.9 Å². The van der Waals surface area contributed by atoms with E-state index in [1.807, 2.05) is 0 Å².